The molecule has 0 aromatic heterocycles. The van der Waals surface area contributed by atoms with Crippen LogP contribution < -0.4 is 5.32 Å². The molecule has 19 nitrogen and oxygen atoms in total. The van der Waals surface area contributed by atoms with Gasteiger partial charge in [-0.05, 0) is 44.9 Å². The number of amides is 1. The molecule has 3 aliphatic rings. The van der Waals surface area contributed by atoms with Gasteiger partial charge in [0, 0.05) is 6.42 Å². The third kappa shape index (κ3) is 37.6. The minimum atomic E-state index is -1.98. The first-order chi connectivity index (χ1) is 45.8. The van der Waals surface area contributed by atoms with Gasteiger partial charge in [0.1, 0.15) is 73.2 Å². The summed E-state index contributed by atoms with van der Waals surface area (Å²) in [4.78, 5) is 13.4. The molecule has 0 spiro atoms. The lowest BCUT2D eigenvalue weighted by molar-refractivity contribution is -0.379. The lowest BCUT2D eigenvalue weighted by Gasteiger charge is -2.48. The average Bonchev–Trinajstić information content (AvgIpc) is 0.792. The van der Waals surface area contributed by atoms with Gasteiger partial charge in [-0.2, -0.15) is 0 Å². The number of carbonyl (C=O) groups excluding carboxylic acids is 1. The first-order valence-corrected chi connectivity index (χ1v) is 38.6. The number of rotatable bonds is 61. The van der Waals surface area contributed by atoms with E-state index in [0.29, 0.717) is 6.42 Å². The summed E-state index contributed by atoms with van der Waals surface area (Å²) in [6.45, 7) is 1.76. The van der Waals surface area contributed by atoms with Gasteiger partial charge in [0.15, 0.2) is 18.9 Å². The summed E-state index contributed by atoms with van der Waals surface area (Å²) in [6.07, 6.45) is 40.5. The van der Waals surface area contributed by atoms with Gasteiger partial charge in [-0.15, -0.1) is 0 Å². The van der Waals surface area contributed by atoms with Crippen LogP contribution in [-0.4, -0.2) is 193 Å². The van der Waals surface area contributed by atoms with Crippen molar-refractivity contribution in [2.24, 2.45) is 0 Å². The van der Waals surface area contributed by atoms with E-state index in [2.05, 4.69) is 31.3 Å². The molecule has 12 N–H and O–H groups in total. The van der Waals surface area contributed by atoms with E-state index in [1.165, 1.54) is 244 Å². The van der Waals surface area contributed by atoms with E-state index in [1.54, 1.807) is 6.08 Å². The Morgan fingerprint density at radius 1 is 0.372 bits per heavy atom. The van der Waals surface area contributed by atoms with Gasteiger partial charge in [-0.1, -0.05) is 289 Å². The van der Waals surface area contributed by atoms with Crippen molar-refractivity contribution in [1.82, 2.24) is 5.32 Å². The van der Waals surface area contributed by atoms with Gasteiger partial charge in [-0.3, -0.25) is 4.79 Å². The van der Waals surface area contributed by atoms with E-state index in [-0.39, 0.29) is 18.9 Å². The van der Waals surface area contributed by atoms with Crippen molar-refractivity contribution >= 4 is 5.91 Å². The molecule has 0 aromatic carbocycles. The van der Waals surface area contributed by atoms with Crippen LogP contribution in [0.3, 0.4) is 0 Å². The van der Waals surface area contributed by atoms with Crippen LogP contribution in [0.4, 0.5) is 0 Å². The number of hydrogen-bond acceptors (Lipinski definition) is 18. The number of aliphatic hydroxyl groups is 11. The Morgan fingerprint density at radius 2 is 0.670 bits per heavy atom. The van der Waals surface area contributed by atoms with Crippen LogP contribution in [0.5, 0.6) is 0 Å². The lowest BCUT2D eigenvalue weighted by atomic mass is 9.96. The Labute approximate surface area is 568 Å². The summed E-state index contributed by atoms with van der Waals surface area (Å²) in [5.74, 6) is -0.270. The number of carbonyl (C=O) groups is 1. The molecule has 3 heterocycles. The van der Waals surface area contributed by atoms with E-state index in [0.717, 1.165) is 44.9 Å². The molecule has 0 saturated carbocycles. The number of ether oxygens (including phenoxy) is 6. The largest absolute Gasteiger partial charge is 0.394 e. The van der Waals surface area contributed by atoms with Gasteiger partial charge in [-0.25, -0.2) is 0 Å². The highest BCUT2D eigenvalue weighted by Crippen LogP contribution is 2.33. The maximum absolute atomic E-state index is 13.4. The standard InChI is InChI=1S/C75H141NO18/c1-3-5-7-9-11-13-15-17-19-20-21-22-23-24-25-26-27-28-29-30-31-32-33-34-35-36-37-38-39-41-43-45-47-49-51-53-63(81)76-58(59(80)52-50-48-46-44-42-40-18-16-14-12-10-8-6-4-2)57-89-73-69(87)66(84)71(61(55-78)91-73)94-75-70(88)67(85)72(62(56-79)92-75)93-74-68(86)65(83)64(82)60(54-77)90-74/h20-21,50,52,58-62,64-75,77-80,82-88H,3-19,22-49,51,53-57H2,1-2H3,(H,76,81)/b21-20-,52-50+. The summed E-state index contributed by atoms with van der Waals surface area (Å²) >= 11 is 0. The molecule has 19 heteroatoms. The zero-order chi connectivity index (χ0) is 68.2. The van der Waals surface area contributed by atoms with E-state index >= 15 is 0 Å². The molecule has 17 unspecified atom stereocenters. The molecule has 3 saturated heterocycles. The zero-order valence-corrected chi connectivity index (χ0v) is 59.0. The molecular formula is C75H141NO18. The fraction of sp³-hybridized carbons (Fsp3) is 0.933. The topological polar surface area (TPSA) is 307 Å². The molecule has 17 atom stereocenters. The molecule has 0 aliphatic carbocycles. The van der Waals surface area contributed by atoms with Crippen molar-refractivity contribution in [3.05, 3.63) is 24.3 Å². The van der Waals surface area contributed by atoms with Crippen molar-refractivity contribution in [1.29, 1.82) is 0 Å². The third-order valence-electron chi connectivity index (χ3n) is 19.5. The highest BCUT2D eigenvalue weighted by molar-refractivity contribution is 5.76. The van der Waals surface area contributed by atoms with Crippen molar-refractivity contribution in [3.8, 4) is 0 Å². The van der Waals surface area contributed by atoms with E-state index in [1.807, 2.05) is 6.08 Å². The Bertz CT molecular complexity index is 1800. The highest BCUT2D eigenvalue weighted by Gasteiger charge is 2.53. The minimum absolute atomic E-state index is 0.248. The average molecular weight is 1340 g/mol. The van der Waals surface area contributed by atoms with Gasteiger partial charge in [0.2, 0.25) is 5.91 Å². The summed E-state index contributed by atoms with van der Waals surface area (Å²) < 4.78 is 34.4. The predicted molar refractivity (Wildman–Crippen MR) is 370 cm³/mol. The van der Waals surface area contributed by atoms with Gasteiger partial charge >= 0.3 is 0 Å². The molecule has 94 heavy (non-hydrogen) atoms. The summed E-state index contributed by atoms with van der Waals surface area (Å²) in [5.41, 5.74) is 0. The van der Waals surface area contributed by atoms with E-state index < -0.39 is 124 Å². The quantitative estimate of drug-likeness (QED) is 0.0199. The molecular weight excluding hydrogens is 1200 g/mol. The van der Waals surface area contributed by atoms with Crippen molar-refractivity contribution in [2.75, 3.05) is 26.4 Å². The second-order valence-electron chi connectivity index (χ2n) is 27.8. The Kier molecular flexibility index (Phi) is 52.4. The highest BCUT2D eigenvalue weighted by atomic mass is 16.8. The predicted octanol–water partition coefficient (Wildman–Crippen LogP) is 11.8. The monoisotopic (exact) mass is 1340 g/mol. The minimum Gasteiger partial charge on any atom is -0.394 e. The Morgan fingerprint density at radius 3 is 1.03 bits per heavy atom. The molecule has 0 radical (unpaired) electrons. The van der Waals surface area contributed by atoms with Gasteiger partial charge < -0.3 is 89.9 Å². The van der Waals surface area contributed by atoms with E-state index in [9.17, 15) is 61.0 Å². The molecule has 1 amide bonds. The van der Waals surface area contributed by atoms with Crippen LogP contribution in [0.2, 0.25) is 0 Å². The van der Waals surface area contributed by atoms with Crippen LogP contribution in [0, 0.1) is 0 Å². The Balaban J connectivity index is 1.32. The normalized spacial score (nSPS) is 27.4. The van der Waals surface area contributed by atoms with Gasteiger partial charge in [0.05, 0.1) is 38.6 Å². The molecule has 3 aliphatic heterocycles. The summed E-state index contributed by atoms with van der Waals surface area (Å²) in [5, 5.41) is 121. The molecule has 554 valence electrons. The van der Waals surface area contributed by atoms with Crippen LogP contribution >= 0.6 is 0 Å². The summed E-state index contributed by atoms with van der Waals surface area (Å²) in [6, 6.07) is -0.970. The number of unbranched alkanes of at least 4 members (excludes halogenated alkanes) is 43. The van der Waals surface area contributed by atoms with Crippen LogP contribution in [0.1, 0.15) is 316 Å². The maximum atomic E-state index is 13.4. The third-order valence-corrected chi connectivity index (χ3v) is 19.5. The maximum Gasteiger partial charge on any atom is 0.220 e. The second kappa shape index (κ2) is 57.0. The number of nitrogens with one attached hydrogen (secondary N) is 1. The fourth-order valence-corrected chi connectivity index (χ4v) is 13.2. The van der Waals surface area contributed by atoms with Gasteiger partial charge in [0.25, 0.3) is 0 Å². The van der Waals surface area contributed by atoms with E-state index in [4.69, 9.17) is 28.4 Å². The molecule has 3 rings (SSSR count). The first-order valence-electron chi connectivity index (χ1n) is 38.6. The fourth-order valence-electron chi connectivity index (χ4n) is 13.2. The molecule has 0 aromatic rings. The Hall–Kier alpha value is -1.73. The lowest BCUT2D eigenvalue weighted by Crippen LogP contribution is -2.66. The molecule has 3 fully saturated rings. The number of aliphatic hydroxyl groups excluding tert-OH is 11. The van der Waals surface area contributed by atoms with Crippen molar-refractivity contribution in [3.63, 3.8) is 0 Å². The first kappa shape index (κ1) is 86.5. The summed E-state index contributed by atoms with van der Waals surface area (Å²) in [7, 11) is 0. The number of hydrogen-bond donors (Lipinski definition) is 12. The SMILES string of the molecule is CCCCCCCCCC/C=C\CCCCCCCCCCCCCCCCCCCCCCCCCC(=O)NC(COC1OC(CO)C(OC2OC(CO)C(OC3OC(CO)C(O)C(O)C3O)C(O)C2O)C(O)C1O)C(O)/C=C/CCCCCCCCCCCCCC. The second-order valence-corrected chi connectivity index (χ2v) is 27.8. The zero-order valence-electron chi connectivity index (χ0n) is 59.0. The van der Waals surface area contributed by atoms with Crippen LogP contribution in [0.25, 0.3) is 0 Å². The van der Waals surface area contributed by atoms with Crippen LogP contribution in [-0.2, 0) is 33.2 Å². The smallest absolute Gasteiger partial charge is 0.220 e. The van der Waals surface area contributed by atoms with Crippen molar-refractivity contribution in [2.45, 2.75) is 420 Å². The number of allylic oxidation sites excluding steroid dienone is 3. The van der Waals surface area contributed by atoms with Crippen molar-refractivity contribution < 1.29 is 89.4 Å². The molecule has 0 bridgehead atoms. The van der Waals surface area contributed by atoms with Crippen LogP contribution in [0.15, 0.2) is 24.3 Å².